The van der Waals surface area contributed by atoms with Crippen LogP contribution in [-0.2, 0) is 6.61 Å². The van der Waals surface area contributed by atoms with E-state index in [-0.39, 0.29) is 18.4 Å². The maximum Gasteiger partial charge on any atom is 0.165 e. The maximum atomic E-state index is 13.8. The molecule has 1 aromatic carbocycles. The Morgan fingerprint density at radius 2 is 2.05 bits per heavy atom. The molecule has 1 atom stereocenters. The summed E-state index contributed by atoms with van der Waals surface area (Å²) in [4.78, 5) is 0. The highest BCUT2D eigenvalue weighted by molar-refractivity contribution is 5.30. The summed E-state index contributed by atoms with van der Waals surface area (Å²) in [7, 11) is 0. The molecule has 0 radical (unpaired) electrons. The van der Waals surface area contributed by atoms with E-state index in [1.807, 2.05) is 37.7 Å². The van der Waals surface area contributed by atoms with Gasteiger partial charge in [0.15, 0.2) is 11.6 Å². The summed E-state index contributed by atoms with van der Waals surface area (Å²) in [6.45, 7) is 6.15. The number of nitrogens with two attached hydrogens (primary N) is 1. The van der Waals surface area contributed by atoms with Gasteiger partial charge in [-0.15, -0.1) is 0 Å². The van der Waals surface area contributed by atoms with E-state index in [2.05, 4.69) is 5.10 Å². The Morgan fingerprint density at radius 1 is 1.30 bits per heavy atom. The molecule has 5 heteroatoms. The molecule has 1 heterocycles. The van der Waals surface area contributed by atoms with Gasteiger partial charge in [0.05, 0.1) is 5.69 Å². The van der Waals surface area contributed by atoms with Crippen LogP contribution in [-0.4, -0.2) is 9.78 Å². The van der Waals surface area contributed by atoms with E-state index in [0.717, 1.165) is 11.3 Å². The smallest absolute Gasteiger partial charge is 0.165 e. The molecule has 4 nitrogen and oxygen atoms in total. The molecular formula is C15H20FN3O. The summed E-state index contributed by atoms with van der Waals surface area (Å²) >= 11 is 0. The zero-order chi connectivity index (χ0) is 14.7. The van der Waals surface area contributed by atoms with Crippen LogP contribution in [0.1, 0.15) is 44.1 Å². The van der Waals surface area contributed by atoms with E-state index in [9.17, 15) is 4.39 Å². The Kier molecular flexibility index (Phi) is 4.39. The fraction of sp³-hybridized carbons (Fsp3) is 0.400. The SMILES string of the molecule is CC(N)c1ccc(OCc2ccn(C(C)C)n2)c(F)c1. The highest BCUT2D eigenvalue weighted by Gasteiger charge is 2.09. The second-order valence-electron chi connectivity index (χ2n) is 5.15. The van der Waals surface area contributed by atoms with Crippen LogP contribution < -0.4 is 10.5 Å². The minimum absolute atomic E-state index is 0.194. The van der Waals surface area contributed by atoms with Crippen molar-refractivity contribution in [2.75, 3.05) is 0 Å². The maximum absolute atomic E-state index is 13.8. The minimum Gasteiger partial charge on any atom is -0.484 e. The zero-order valence-electron chi connectivity index (χ0n) is 12.0. The summed E-state index contributed by atoms with van der Waals surface area (Å²) in [6, 6.07) is 6.76. The minimum atomic E-state index is -0.400. The molecule has 0 amide bonds. The van der Waals surface area contributed by atoms with E-state index in [1.54, 1.807) is 12.1 Å². The topological polar surface area (TPSA) is 53.1 Å². The van der Waals surface area contributed by atoms with Gasteiger partial charge in [-0.3, -0.25) is 4.68 Å². The summed E-state index contributed by atoms with van der Waals surface area (Å²) < 4.78 is 21.1. The van der Waals surface area contributed by atoms with Crippen molar-refractivity contribution in [2.45, 2.75) is 39.5 Å². The van der Waals surface area contributed by atoms with Crippen molar-refractivity contribution in [3.8, 4) is 5.75 Å². The van der Waals surface area contributed by atoms with Crippen molar-refractivity contribution in [1.82, 2.24) is 9.78 Å². The highest BCUT2D eigenvalue weighted by Crippen LogP contribution is 2.22. The van der Waals surface area contributed by atoms with Gasteiger partial charge in [0.25, 0.3) is 0 Å². The van der Waals surface area contributed by atoms with E-state index in [4.69, 9.17) is 10.5 Å². The lowest BCUT2D eigenvalue weighted by Gasteiger charge is -2.09. The fourth-order valence-corrected chi connectivity index (χ4v) is 1.81. The molecule has 0 saturated heterocycles. The first-order chi connectivity index (χ1) is 9.47. The van der Waals surface area contributed by atoms with Gasteiger partial charge in [0, 0.05) is 18.3 Å². The summed E-state index contributed by atoms with van der Waals surface area (Å²) in [5.41, 5.74) is 7.23. The molecule has 108 valence electrons. The predicted molar refractivity (Wildman–Crippen MR) is 75.9 cm³/mol. The molecule has 0 saturated carbocycles. The number of ether oxygens (including phenoxy) is 1. The van der Waals surface area contributed by atoms with Crippen LogP contribution in [0.15, 0.2) is 30.5 Å². The largest absolute Gasteiger partial charge is 0.484 e. The van der Waals surface area contributed by atoms with Gasteiger partial charge in [0.2, 0.25) is 0 Å². The van der Waals surface area contributed by atoms with Crippen LogP contribution in [0.3, 0.4) is 0 Å². The Labute approximate surface area is 118 Å². The van der Waals surface area contributed by atoms with Gasteiger partial charge < -0.3 is 10.5 Å². The lowest BCUT2D eigenvalue weighted by Crippen LogP contribution is -2.06. The average Bonchev–Trinajstić information content (AvgIpc) is 2.86. The monoisotopic (exact) mass is 277 g/mol. The van der Waals surface area contributed by atoms with Crippen LogP contribution in [0.5, 0.6) is 5.75 Å². The molecular weight excluding hydrogens is 257 g/mol. The molecule has 0 spiro atoms. The normalized spacial score (nSPS) is 12.7. The molecule has 0 aliphatic carbocycles. The van der Waals surface area contributed by atoms with Crippen molar-refractivity contribution >= 4 is 0 Å². The molecule has 0 bridgehead atoms. The third-order valence-electron chi connectivity index (χ3n) is 3.05. The first kappa shape index (κ1) is 14.5. The van der Waals surface area contributed by atoms with E-state index >= 15 is 0 Å². The molecule has 2 aromatic rings. The van der Waals surface area contributed by atoms with Gasteiger partial charge in [-0.05, 0) is 44.5 Å². The molecule has 1 aromatic heterocycles. The van der Waals surface area contributed by atoms with E-state index in [1.165, 1.54) is 6.07 Å². The van der Waals surface area contributed by atoms with Gasteiger partial charge in [-0.1, -0.05) is 6.07 Å². The molecule has 2 N–H and O–H groups in total. The lowest BCUT2D eigenvalue weighted by atomic mass is 10.1. The molecule has 0 aliphatic rings. The van der Waals surface area contributed by atoms with Crippen LogP contribution in [0, 0.1) is 5.82 Å². The van der Waals surface area contributed by atoms with Crippen LogP contribution in [0.25, 0.3) is 0 Å². The Bertz CT molecular complexity index is 578. The standard InChI is InChI=1S/C15H20FN3O/c1-10(2)19-7-6-13(18-19)9-20-15-5-4-12(11(3)17)8-14(15)16/h4-8,10-11H,9,17H2,1-3H3. The third kappa shape index (κ3) is 3.36. The van der Waals surface area contributed by atoms with Crippen LogP contribution in [0.4, 0.5) is 4.39 Å². The van der Waals surface area contributed by atoms with Crippen molar-refractivity contribution in [3.63, 3.8) is 0 Å². The second-order valence-corrected chi connectivity index (χ2v) is 5.15. The van der Waals surface area contributed by atoms with Crippen molar-refractivity contribution < 1.29 is 9.13 Å². The van der Waals surface area contributed by atoms with Crippen molar-refractivity contribution in [1.29, 1.82) is 0 Å². The van der Waals surface area contributed by atoms with Gasteiger partial charge in [0.1, 0.15) is 6.61 Å². The van der Waals surface area contributed by atoms with Crippen LogP contribution in [0.2, 0.25) is 0 Å². The van der Waals surface area contributed by atoms with Gasteiger partial charge >= 0.3 is 0 Å². The summed E-state index contributed by atoms with van der Waals surface area (Å²) in [5, 5.41) is 4.35. The number of rotatable bonds is 5. The molecule has 1 unspecified atom stereocenters. The van der Waals surface area contributed by atoms with Gasteiger partial charge in [-0.2, -0.15) is 5.10 Å². The van der Waals surface area contributed by atoms with Crippen molar-refractivity contribution in [2.24, 2.45) is 5.73 Å². The quantitative estimate of drug-likeness (QED) is 0.913. The number of aromatic nitrogens is 2. The van der Waals surface area contributed by atoms with E-state index in [0.29, 0.717) is 6.04 Å². The lowest BCUT2D eigenvalue weighted by molar-refractivity contribution is 0.283. The molecule has 0 fully saturated rings. The number of hydrogen-bond donors (Lipinski definition) is 1. The summed E-state index contributed by atoms with van der Waals surface area (Å²) in [6.07, 6.45) is 1.89. The number of benzene rings is 1. The Balaban J connectivity index is 2.03. The number of hydrogen-bond acceptors (Lipinski definition) is 3. The number of halogens is 1. The van der Waals surface area contributed by atoms with Crippen molar-refractivity contribution in [3.05, 3.63) is 47.5 Å². The molecule has 2 rings (SSSR count). The highest BCUT2D eigenvalue weighted by atomic mass is 19.1. The van der Waals surface area contributed by atoms with Gasteiger partial charge in [-0.25, -0.2) is 4.39 Å². The zero-order valence-corrected chi connectivity index (χ0v) is 12.0. The fourth-order valence-electron chi connectivity index (χ4n) is 1.81. The third-order valence-corrected chi connectivity index (χ3v) is 3.05. The summed E-state index contributed by atoms with van der Waals surface area (Å²) in [5.74, 6) is -0.184. The second kappa shape index (κ2) is 6.05. The van der Waals surface area contributed by atoms with Crippen LogP contribution >= 0.6 is 0 Å². The Morgan fingerprint density at radius 3 is 2.60 bits per heavy atom. The predicted octanol–water partition coefficient (Wildman–Crippen LogP) is 3.20. The first-order valence-electron chi connectivity index (χ1n) is 6.69. The molecule has 20 heavy (non-hydrogen) atoms. The Hall–Kier alpha value is -1.88. The average molecular weight is 277 g/mol. The number of nitrogens with zero attached hydrogens (tertiary/aromatic N) is 2. The molecule has 0 aliphatic heterocycles. The first-order valence-corrected chi connectivity index (χ1v) is 6.69. The van der Waals surface area contributed by atoms with E-state index < -0.39 is 5.82 Å².